The zero-order chi connectivity index (χ0) is 13.2. The molecule has 104 valence electrons. The normalized spacial score (nSPS) is 30.2. The average Bonchev–Trinajstić information content (AvgIpc) is 2.38. The molecule has 3 heteroatoms. The molecule has 2 atom stereocenters. The van der Waals surface area contributed by atoms with Crippen molar-refractivity contribution in [3.05, 3.63) is 24.3 Å². The van der Waals surface area contributed by atoms with Crippen LogP contribution >= 0.6 is 0 Å². The quantitative estimate of drug-likeness (QED) is 0.908. The van der Waals surface area contributed by atoms with Gasteiger partial charge in [0.2, 0.25) is 0 Å². The highest BCUT2D eigenvalue weighted by molar-refractivity contribution is 5.51. The molecule has 1 aromatic rings. The van der Waals surface area contributed by atoms with Gasteiger partial charge in [0, 0.05) is 30.9 Å². The predicted octanol–water partition coefficient (Wildman–Crippen LogP) is 2.65. The van der Waals surface area contributed by atoms with Gasteiger partial charge in [-0.25, -0.2) is 0 Å². The zero-order valence-corrected chi connectivity index (χ0v) is 11.7. The van der Waals surface area contributed by atoms with E-state index >= 15 is 0 Å². The summed E-state index contributed by atoms with van der Waals surface area (Å²) in [5.41, 5.74) is 7.44. The fourth-order valence-corrected chi connectivity index (χ4v) is 3.76. The molecule has 0 spiro atoms. The summed E-state index contributed by atoms with van der Waals surface area (Å²) in [5.74, 6) is 2.53. The third-order valence-corrected chi connectivity index (χ3v) is 4.39. The lowest BCUT2D eigenvalue weighted by Crippen LogP contribution is -2.47. The van der Waals surface area contributed by atoms with Crippen molar-refractivity contribution < 1.29 is 4.74 Å². The molecule has 2 unspecified atom stereocenters. The number of ether oxygens (including phenoxy) is 1. The Balaban J connectivity index is 1.74. The Bertz CT molecular complexity index is 417. The molecule has 0 amide bonds. The van der Waals surface area contributed by atoms with Crippen molar-refractivity contribution in [3.63, 3.8) is 0 Å². The summed E-state index contributed by atoms with van der Waals surface area (Å²) < 4.78 is 5.60. The molecule has 1 saturated carbocycles. The van der Waals surface area contributed by atoms with Crippen LogP contribution in [0.3, 0.4) is 0 Å². The van der Waals surface area contributed by atoms with Gasteiger partial charge in [-0.15, -0.1) is 0 Å². The van der Waals surface area contributed by atoms with Crippen molar-refractivity contribution in [1.82, 2.24) is 0 Å². The van der Waals surface area contributed by atoms with Gasteiger partial charge in [-0.05, 0) is 50.2 Å². The summed E-state index contributed by atoms with van der Waals surface area (Å²) in [4.78, 5) is 2.52. The van der Waals surface area contributed by atoms with Gasteiger partial charge >= 0.3 is 0 Å². The van der Waals surface area contributed by atoms with Crippen LogP contribution in [0.15, 0.2) is 24.3 Å². The topological polar surface area (TPSA) is 38.5 Å². The van der Waals surface area contributed by atoms with Gasteiger partial charge in [0.1, 0.15) is 5.75 Å². The molecule has 0 radical (unpaired) electrons. The standard InChI is InChI=1S/C16H24N2O/c1-2-19-16-5-3-4-15(9-16)18-10-12-6-13(11-18)8-14(17)7-12/h3-5,9,12-14H,2,6-8,10-11,17H2,1H3. The number of piperidine rings is 1. The van der Waals surface area contributed by atoms with Crippen LogP contribution in [0.4, 0.5) is 5.69 Å². The third-order valence-electron chi connectivity index (χ3n) is 4.39. The first kappa shape index (κ1) is 12.8. The predicted molar refractivity (Wildman–Crippen MR) is 78.6 cm³/mol. The summed E-state index contributed by atoms with van der Waals surface area (Å²) >= 11 is 0. The van der Waals surface area contributed by atoms with Gasteiger partial charge in [-0.2, -0.15) is 0 Å². The van der Waals surface area contributed by atoms with Crippen molar-refractivity contribution in [2.24, 2.45) is 17.6 Å². The number of hydrogen-bond acceptors (Lipinski definition) is 3. The fourth-order valence-electron chi connectivity index (χ4n) is 3.76. The maximum absolute atomic E-state index is 6.13. The lowest BCUT2D eigenvalue weighted by atomic mass is 9.75. The van der Waals surface area contributed by atoms with Crippen LogP contribution in [-0.4, -0.2) is 25.7 Å². The van der Waals surface area contributed by atoms with E-state index < -0.39 is 0 Å². The Kier molecular flexibility index (Phi) is 3.65. The molecule has 0 aromatic heterocycles. The van der Waals surface area contributed by atoms with Gasteiger partial charge in [0.05, 0.1) is 6.61 Å². The SMILES string of the molecule is CCOc1cccc(N2CC3CC(N)CC(C3)C2)c1. The van der Waals surface area contributed by atoms with Crippen molar-refractivity contribution in [2.45, 2.75) is 32.2 Å². The first-order chi connectivity index (χ1) is 9.24. The molecule has 2 fully saturated rings. The van der Waals surface area contributed by atoms with Crippen molar-refractivity contribution >= 4 is 5.69 Å². The van der Waals surface area contributed by atoms with E-state index in [1.165, 1.54) is 24.9 Å². The summed E-state index contributed by atoms with van der Waals surface area (Å²) in [5, 5.41) is 0. The number of fused-ring (bicyclic) bond motifs is 2. The highest BCUT2D eigenvalue weighted by Gasteiger charge is 2.33. The second-order valence-electron chi connectivity index (χ2n) is 6.03. The summed E-state index contributed by atoms with van der Waals surface area (Å²) in [7, 11) is 0. The van der Waals surface area contributed by atoms with Gasteiger partial charge in [0.25, 0.3) is 0 Å². The number of benzene rings is 1. The largest absolute Gasteiger partial charge is 0.494 e. The van der Waals surface area contributed by atoms with Crippen LogP contribution in [0.1, 0.15) is 26.2 Å². The highest BCUT2D eigenvalue weighted by Crippen LogP contribution is 2.36. The lowest BCUT2D eigenvalue weighted by Gasteiger charge is -2.44. The second kappa shape index (κ2) is 5.41. The van der Waals surface area contributed by atoms with Gasteiger partial charge < -0.3 is 15.4 Å². The first-order valence-corrected chi connectivity index (χ1v) is 7.48. The lowest BCUT2D eigenvalue weighted by molar-refractivity contribution is 0.208. The Hall–Kier alpha value is -1.22. The maximum atomic E-state index is 6.13. The van der Waals surface area contributed by atoms with E-state index in [9.17, 15) is 0 Å². The average molecular weight is 260 g/mol. The molecule has 3 nitrogen and oxygen atoms in total. The third kappa shape index (κ3) is 2.86. The van der Waals surface area contributed by atoms with Crippen molar-refractivity contribution in [2.75, 3.05) is 24.6 Å². The van der Waals surface area contributed by atoms with Crippen molar-refractivity contribution in [3.8, 4) is 5.75 Å². The van der Waals surface area contributed by atoms with Crippen LogP contribution < -0.4 is 15.4 Å². The second-order valence-corrected chi connectivity index (χ2v) is 6.03. The van der Waals surface area contributed by atoms with E-state index in [4.69, 9.17) is 10.5 Å². The van der Waals surface area contributed by atoms with Crippen LogP contribution in [0.2, 0.25) is 0 Å². The fraction of sp³-hybridized carbons (Fsp3) is 0.625. The van der Waals surface area contributed by atoms with Crippen LogP contribution in [0, 0.1) is 11.8 Å². The summed E-state index contributed by atoms with van der Waals surface area (Å²) in [6.07, 6.45) is 3.76. The molecule has 2 N–H and O–H groups in total. The van der Waals surface area contributed by atoms with Gasteiger partial charge in [0.15, 0.2) is 0 Å². The van der Waals surface area contributed by atoms with E-state index in [0.717, 1.165) is 37.3 Å². The molecule has 1 aromatic carbocycles. The van der Waals surface area contributed by atoms with E-state index in [1.807, 2.05) is 13.0 Å². The maximum Gasteiger partial charge on any atom is 0.121 e. The zero-order valence-electron chi connectivity index (χ0n) is 11.7. The summed E-state index contributed by atoms with van der Waals surface area (Å²) in [6.45, 7) is 5.06. The van der Waals surface area contributed by atoms with Crippen LogP contribution in [0.25, 0.3) is 0 Å². The minimum Gasteiger partial charge on any atom is -0.494 e. The monoisotopic (exact) mass is 260 g/mol. The summed E-state index contributed by atoms with van der Waals surface area (Å²) in [6, 6.07) is 8.93. The molecular formula is C16H24N2O. The van der Waals surface area contributed by atoms with E-state index in [1.54, 1.807) is 0 Å². The van der Waals surface area contributed by atoms with Gasteiger partial charge in [-0.3, -0.25) is 0 Å². The Morgan fingerprint density at radius 3 is 2.63 bits per heavy atom. The number of rotatable bonds is 3. The van der Waals surface area contributed by atoms with E-state index in [2.05, 4.69) is 23.1 Å². The number of anilines is 1. The number of nitrogens with two attached hydrogens (primary N) is 1. The molecular weight excluding hydrogens is 236 g/mol. The minimum absolute atomic E-state index is 0.431. The van der Waals surface area contributed by atoms with Crippen LogP contribution in [-0.2, 0) is 0 Å². The molecule has 1 aliphatic carbocycles. The van der Waals surface area contributed by atoms with E-state index in [-0.39, 0.29) is 0 Å². The Morgan fingerprint density at radius 2 is 1.95 bits per heavy atom. The highest BCUT2D eigenvalue weighted by atomic mass is 16.5. The van der Waals surface area contributed by atoms with Crippen LogP contribution in [0.5, 0.6) is 5.75 Å². The molecule has 1 heterocycles. The molecule has 1 saturated heterocycles. The van der Waals surface area contributed by atoms with Crippen molar-refractivity contribution in [1.29, 1.82) is 0 Å². The minimum atomic E-state index is 0.431. The smallest absolute Gasteiger partial charge is 0.121 e. The van der Waals surface area contributed by atoms with E-state index in [0.29, 0.717) is 6.04 Å². The number of hydrogen-bond donors (Lipinski definition) is 1. The molecule has 2 aliphatic rings. The molecule has 1 aliphatic heterocycles. The first-order valence-electron chi connectivity index (χ1n) is 7.48. The van der Waals surface area contributed by atoms with Gasteiger partial charge in [-0.1, -0.05) is 6.07 Å². The number of nitrogens with zero attached hydrogens (tertiary/aromatic N) is 1. The Morgan fingerprint density at radius 1 is 1.21 bits per heavy atom. The molecule has 2 bridgehead atoms. The molecule has 3 rings (SSSR count). The molecule has 19 heavy (non-hydrogen) atoms. The Labute approximate surface area is 115 Å².